The number of hydrogen-bond acceptors (Lipinski definition) is 6. The molecule has 2 atom stereocenters. The van der Waals surface area contributed by atoms with Gasteiger partial charge < -0.3 is 30.9 Å². The van der Waals surface area contributed by atoms with Gasteiger partial charge in [-0.2, -0.15) is 0 Å². The monoisotopic (exact) mass is 230 g/mol. The van der Waals surface area contributed by atoms with Crippen LogP contribution >= 0.6 is 0 Å². The van der Waals surface area contributed by atoms with Gasteiger partial charge in [0.25, 0.3) is 0 Å². The molecule has 0 aromatic rings. The highest BCUT2D eigenvalue weighted by Crippen LogP contribution is 2.02. The van der Waals surface area contributed by atoms with Crippen molar-refractivity contribution in [1.29, 1.82) is 0 Å². The van der Waals surface area contributed by atoms with E-state index in [2.05, 4.69) is 5.32 Å². The van der Waals surface area contributed by atoms with E-state index in [4.69, 9.17) is 5.73 Å². The van der Waals surface area contributed by atoms with Crippen LogP contribution in [-0.2, 0) is 14.4 Å². The number of hydrogen-bond donors (Lipinski definition) is 2. The Morgan fingerprint density at radius 3 is 2.12 bits per heavy atom. The van der Waals surface area contributed by atoms with Crippen LogP contribution in [0.4, 0.5) is 0 Å². The van der Waals surface area contributed by atoms with Gasteiger partial charge in [-0.1, -0.05) is 0 Å². The maximum absolute atomic E-state index is 10.6. The van der Waals surface area contributed by atoms with E-state index in [1.165, 1.54) is 6.92 Å². The molecule has 0 aliphatic rings. The van der Waals surface area contributed by atoms with Gasteiger partial charge >= 0.3 is 0 Å². The number of aliphatic carboxylic acids is 2. The van der Waals surface area contributed by atoms with Crippen molar-refractivity contribution in [2.75, 3.05) is 0 Å². The fraction of sp³-hybridized carbons (Fsp3) is 0.667. The molecule has 0 aromatic heterocycles. The van der Waals surface area contributed by atoms with E-state index in [1.807, 2.05) is 0 Å². The third kappa shape index (κ3) is 5.97. The summed E-state index contributed by atoms with van der Waals surface area (Å²) < 4.78 is 0. The lowest BCUT2D eigenvalue weighted by atomic mass is 10.1. The molecule has 16 heavy (non-hydrogen) atoms. The second kappa shape index (κ2) is 6.78. The lowest BCUT2D eigenvalue weighted by molar-refractivity contribution is -0.308. The molecule has 0 aromatic carbocycles. The minimum atomic E-state index is -1.41. The lowest BCUT2D eigenvalue weighted by Gasteiger charge is -2.19. The molecular formula is C9H14N2O5-2. The fourth-order valence-electron chi connectivity index (χ4n) is 1.15. The van der Waals surface area contributed by atoms with Gasteiger partial charge in [-0.05, 0) is 19.3 Å². The number of rotatable bonds is 7. The average Bonchev–Trinajstić information content (AvgIpc) is 2.14. The molecule has 92 valence electrons. The van der Waals surface area contributed by atoms with E-state index in [9.17, 15) is 24.6 Å². The van der Waals surface area contributed by atoms with E-state index in [1.54, 1.807) is 0 Å². The summed E-state index contributed by atoms with van der Waals surface area (Å²) in [6.07, 6.45) is 0.405. The maximum Gasteiger partial charge on any atom is 0.217 e. The molecule has 0 heterocycles. The van der Waals surface area contributed by atoms with Crippen molar-refractivity contribution in [1.82, 2.24) is 5.32 Å². The molecule has 0 radical (unpaired) electrons. The van der Waals surface area contributed by atoms with Crippen LogP contribution in [0, 0.1) is 0 Å². The lowest BCUT2D eigenvalue weighted by Crippen LogP contribution is -2.47. The smallest absolute Gasteiger partial charge is 0.217 e. The van der Waals surface area contributed by atoms with Crippen LogP contribution < -0.4 is 21.3 Å². The van der Waals surface area contributed by atoms with Crippen LogP contribution in [0.25, 0.3) is 0 Å². The van der Waals surface area contributed by atoms with Crippen LogP contribution in [0.3, 0.4) is 0 Å². The third-order valence-electron chi connectivity index (χ3n) is 1.97. The van der Waals surface area contributed by atoms with Crippen LogP contribution in [-0.4, -0.2) is 29.9 Å². The standard InChI is InChI=1S/C9H16N2O5/c1-5(12)11-7(9(15)16)4-2-3-6(10)8(13)14/h6-7H,2-4,10H2,1H3,(H,11,12)(H,13,14)(H,15,16)/p-2/t6-,7-/m0/s1. The Hall–Kier alpha value is -1.63. The molecule has 0 fully saturated rings. The number of amides is 1. The van der Waals surface area contributed by atoms with Crippen molar-refractivity contribution in [2.45, 2.75) is 38.3 Å². The number of nitrogens with one attached hydrogen (secondary N) is 1. The van der Waals surface area contributed by atoms with Crippen LogP contribution in [0.2, 0.25) is 0 Å². The van der Waals surface area contributed by atoms with Gasteiger partial charge in [0, 0.05) is 13.0 Å². The van der Waals surface area contributed by atoms with Crippen LogP contribution in [0.1, 0.15) is 26.2 Å². The van der Waals surface area contributed by atoms with E-state index in [0.717, 1.165) is 0 Å². The molecule has 0 bridgehead atoms. The first-order valence-corrected chi connectivity index (χ1v) is 4.79. The van der Waals surface area contributed by atoms with Crippen molar-refractivity contribution in [3.8, 4) is 0 Å². The van der Waals surface area contributed by atoms with E-state index < -0.39 is 29.9 Å². The van der Waals surface area contributed by atoms with Crippen LogP contribution in [0.15, 0.2) is 0 Å². The predicted octanol–water partition coefficient (Wildman–Crippen LogP) is -3.51. The van der Waals surface area contributed by atoms with Gasteiger partial charge in [-0.25, -0.2) is 0 Å². The van der Waals surface area contributed by atoms with Crippen molar-refractivity contribution in [3.63, 3.8) is 0 Å². The topological polar surface area (TPSA) is 135 Å². The first-order chi connectivity index (χ1) is 7.34. The molecular weight excluding hydrogens is 216 g/mol. The highest BCUT2D eigenvalue weighted by molar-refractivity contribution is 5.80. The molecule has 0 aliphatic heterocycles. The Morgan fingerprint density at radius 2 is 1.75 bits per heavy atom. The SMILES string of the molecule is CC(=O)N[C@@H](CCC[C@H](N)C(=O)[O-])C(=O)[O-]. The summed E-state index contributed by atoms with van der Waals surface area (Å²) in [6.45, 7) is 1.18. The summed E-state index contributed by atoms with van der Waals surface area (Å²) in [5, 5.41) is 23.0. The minimum Gasteiger partial charge on any atom is -0.548 e. The maximum atomic E-state index is 10.6. The predicted molar refractivity (Wildman–Crippen MR) is 49.4 cm³/mol. The summed E-state index contributed by atoms with van der Waals surface area (Å²) in [5.74, 6) is -3.28. The largest absolute Gasteiger partial charge is 0.548 e. The van der Waals surface area contributed by atoms with Crippen molar-refractivity contribution >= 4 is 17.8 Å². The minimum absolute atomic E-state index is 0.0723. The number of carbonyl (C=O) groups is 3. The first-order valence-electron chi connectivity index (χ1n) is 4.79. The summed E-state index contributed by atoms with van der Waals surface area (Å²) in [5.41, 5.74) is 5.17. The molecule has 0 spiro atoms. The van der Waals surface area contributed by atoms with Crippen LogP contribution in [0.5, 0.6) is 0 Å². The molecule has 0 saturated heterocycles. The Kier molecular flexibility index (Phi) is 6.09. The number of carbonyl (C=O) groups excluding carboxylic acids is 3. The number of carboxylic acids is 2. The summed E-state index contributed by atoms with van der Waals surface area (Å²) in [7, 11) is 0. The average molecular weight is 230 g/mol. The van der Waals surface area contributed by atoms with E-state index in [0.29, 0.717) is 0 Å². The third-order valence-corrected chi connectivity index (χ3v) is 1.97. The normalized spacial score (nSPS) is 13.9. The second-order valence-corrected chi connectivity index (χ2v) is 3.43. The summed E-state index contributed by atoms with van der Waals surface area (Å²) in [4.78, 5) is 31.4. The highest BCUT2D eigenvalue weighted by atomic mass is 16.4. The zero-order valence-corrected chi connectivity index (χ0v) is 8.89. The molecule has 7 heteroatoms. The zero-order valence-electron chi connectivity index (χ0n) is 8.89. The van der Waals surface area contributed by atoms with E-state index in [-0.39, 0.29) is 19.3 Å². The molecule has 3 N–H and O–H groups in total. The molecule has 7 nitrogen and oxygen atoms in total. The quantitative estimate of drug-likeness (QED) is 0.465. The van der Waals surface area contributed by atoms with Gasteiger partial charge in [0.05, 0.1) is 18.0 Å². The summed E-state index contributed by atoms with van der Waals surface area (Å²) in [6, 6.07) is -2.24. The Morgan fingerprint density at radius 1 is 1.19 bits per heavy atom. The van der Waals surface area contributed by atoms with Gasteiger partial charge in [0.2, 0.25) is 5.91 Å². The van der Waals surface area contributed by atoms with Crippen molar-refractivity contribution in [3.05, 3.63) is 0 Å². The van der Waals surface area contributed by atoms with Crippen molar-refractivity contribution in [2.24, 2.45) is 5.73 Å². The first kappa shape index (κ1) is 14.4. The number of nitrogens with two attached hydrogens (primary N) is 1. The Labute approximate surface area is 92.6 Å². The van der Waals surface area contributed by atoms with E-state index >= 15 is 0 Å². The fourth-order valence-corrected chi connectivity index (χ4v) is 1.15. The van der Waals surface area contributed by atoms with Gasteiger partial charge in [0.1, 0.15) is 0 Å². The zero-order chi connectivity index (χ0) is 12.7. The molecule has 0 aliphatic carbocycles. The van der Waals surface area contributed by atoms with Gasteiger partial charge in [-0.3, -0.25) is 4.79 Å². The van der Waals surface area contributed by atoms with Gasteiger partial charge in [-0.15, -0.1) is 0 Å². The van der Waals surface area contributed by atoms with Crippen molar-refractivity contribution < 1.29 is 24.6 Å². The number of carboxylic acid groups (broad SMARTS) is 2. The second-order valence-electron chi connectivity index (χ2n) is 3.43. The molecule has 0 saturated carbocycles. The summed E-state index contributed by atoms with van der Waals surface area (Å²) >= 11 is 0. The Balaban J connectivity index is 3.99. The Bertz CT molecular complexity index is 279. The molecule has 1 amide bonds. The van der Waals surface area contributed by atoms with Gasteiger partial charge in [0.15, 0.2) is 0 Å². The highest BCUT2D eigenvalue weighted by Gasteiger charge is 2.12. The molecule has 0 rings (SSSR count). The molecule has 0 unspecified atom stereocenters.